The molecule has 3 heterocycles. The topological polar surface area (TPSA) is 30.7 Å². The second-order valence-electron chi connectivity index (χ2n) is 4.43. The Morgan fingerprint density at radius 2 is 2.32 bits per heavy atom. The van der Waals surface area contributed by atoms with E-state index in [9.17, 15) is 0 Å². The van der Waals surface area contributed by atoms with Crippen molar-refractivity contribution in [1.82, 2.24) is 14.5 Å². The first kappa shape index (κ1) is 12.6. The predicted octanol–water partition coefficient (Wildman–Crippen LogP) is 4.04. The van der Waals surface area contributed by atoms with E-state index >= 15 is 0 Å². The summed E-state index contributed by atoms with van der Waals surface area (Å²) in [6.07, 6.45) is 4.59. The number of pyridine rings is 1. The van der Waals surface area contributed by atoms with E-state index in [1.165, 1.54) is 4.88 Å². The van der Waals surface area contributed by atoms with Crippen LogP contribution in [-0.2, 0) is 13.0 Å². The minimum absolute atomic E-state index is 0.101. The van der Waals surface area contributed by atoms with Crippen LogP contribution in [0.3, 0.4) is 0 Å². The van der Waals surface area contributed by atoms with E-state index < -0.39 is 0 Å². The van der Waals surface area contributed by atoms with Crippen LogP contribution in [0.1, 0.15) is 23.0 Å². The van der Waals surface area contributed by atoms with Gasteiger partial charge in [-0.15, -0.1) is 22.9 Å². The van der Waals surface area contributed by atoms with Crippen molar-refractivity contribution >= 4 is 34.0 Å². The second kappa shape index (κ2) is 5.31. The summed E-state index contributed by atoms with van der Waals surface area (Å²) in [4.78, 5) is 10.1. The molecule has 5 heteroatoms. The van der Waals surface area contributed by atoms with Crippen LogP contribution in [0.25, 0.3) is 11.0 Å². The number of alkyl halides is 1. The number of nitrogens with zero attached hydrogens (tertiary/aromatic N) is 3. The number of hydrogen-bond donors (Lipinski definition) is 0. The number of imidazole rings is 1. The minimum atomic E-state index is -0.101. The standard InChI is InChI=1S/C14H14ClN3S/c1-10(15)14-17-12-9-16-6-4-13(12)18(14)7-5-11-3-2-8-19-11/h2-4,6,8-10H,5,7H2,1H3. The van der Waals surface area contributed by atoms with Gasteiger partial charge in [0.15, 0.2) is 0 Å². The van der Waals surface area contributed by atoms with Crippen molar-refractivity contribution in [3.8, 4) is 0 Å². The van der Waals surface area contributed by atoms with Crippen LogP contribution in [0.2, 0.25) is 0 Å². The van der Waals surface area contributed by atoms with E-state index in [4.69, 9.17) is 11.6 Å². The lowest BCUT2D eigenvalue weighted by Crippen LogP contribution is -2.06. The minimum Gasteiger partial charge on any atom is -0.326 e. The molecule has 0 N–H and O–H groups in total. The molecule has 1 atom stereocenters. The number of aryl methyl sites for hydroxylation is 2. The molecule has 0 bridgehead atoms. The van der Waals surface area contributed by atoms with Crippen LogP contribution in [0.15, 0.2) is 36.0 Å². The average Bonchev–Trinajstić information content (AvgIpc) is 3.03. The number of rotatable bonds is 4. The Morgan fingerprint density at radius 3 is 3.05 bits per heavy atom. The van der Waals surface area contributed by atoms with Gasteiger partial charge >= 0.3 is 0 Å². The highest BCUT2D eigenvalue weighted by molar-refractivity contribution is 7.09. The summed E-state index contributed by atoms with van der Waals surface area (Å²) in [5.74, 6) is 0.918. The van der Waals surface area contributed by atoms with Crippen LogP contribution in [0.4, 0.5) is 0 Å². The molecule has 0 saturated heterocycles. The van der Waals surface area contributed by atoms with Crippen molar-refractivity contribution in [1.29, 1.82) is 0 Å². The lowest BCUT2D eigenvalue weighted by molar-refractivity contribution is 0.672. The number of halogens is 1. The molecule has 0 fully saturated rings. The molecule has 0 aromatic carbocycles. The SMILES string of the molecule is CC(Cl)c1nc2cnccc2n1CCc1cccs1. The fourth-order valence-corrected chi connectivity index (χ4v) is 3.08. The van der Waals surface area contributed by atoms with Gasteiger partial charge in [0.05, 0.1) is 17.1 Å². The highest BCUT2D eigenvalue weighted by atomic mass is 35.5. The normalized spacial score (nSPS) is 12.9. The molecule has 0 aliphatic rings. The summed E-state index contributed by atoms with van der Waals surface area (Å²) in [6.45, 7) is 2.85. The zero-order valence-electron chi connectivity index (χ0n) is 10.6. The van der Waals surface area contributed by atoms with Crippen LogP contribution in [-0.4, -0.2) is 14.5 Å². The Hall–Kier alpha value is -1.39. The smallest absolute Gasteiger partial charge is 0.127 e. The molecule has 0 aliphatic heterocycles. The van der Waals surface area contributed by atoms with Crippen molar-refractivity contribution in [2.24, 2.45) is 0 Å². The highest BCUT2D eigenvalue weighted by Crippen LogP contribution is 2.24. The third-order valence-electron chi connectivity index (χ3n) is 3.10. The van der Waals surface area contributed by atoms with Gasteiger partial charge in [-0.2, -0.15) is 0 Å². The number of hydrogen-bond acceptors (Lipinski definition) is 3. The van der Waals surface area contributed by atoms with Gasteiger partial charge in [-0.25, -0.2) is 4.98 Å². The Morgan fingerprint density at radius 1 is 1.42 bits per heavy atom. The summed E-state index contributed by atoms with van der Waals surface area (Å²) < 4.78 is 2.20. The summed E-state index contributed by atoms with van der Waals surface area (Å²) in [5, 5.41) is 2.01. The first-order valence-electron chi connectivity index (χ1n) is 6.22. The van der Waals surface area contributed by atoms with Crippen molar-refractivity contribution in [3.63, 3.8) is 0 Å². The molecule has 98 valence electrons. The number of thiophene rings is 1. The third kappa shape index (κ3) is 2.51. The van der Waals surface area contributed by atoms with Gasteiger partial charge in [0, 0.05) is 17.6 Å². The van der Waals surface area contributed by atoms with Crippen molar-refractivity contribution in [2.45, 2.75) is 25.3 Å². The Bertz CT molecular complexity index is 673. The maximum absolute atomic E-state index is 6.24. The van der Waals surface area contributed by atoms with Crippen molar-refractivity contribution < 1.29 is 0 Å². The van der Waals surface area contributed by atoms with Gasteiger partial charge < -0.3 is 4.57 Å². The first-order valence-corrected chi connectivity index (χ1v) is 7.54. The Labute approximate surface area is 120 Å². The second-order valence-corrected chi connectivity index (χ2v) is 6.12. The summed E-state index contributed by atoms with van der Waals surface area (Å²) in [7, 11) is 0. The molecule has 3 aromatic heterocycles. The molecule has 0 amide bonds. The van der Waals surface area contributed by atoms with Crippen molar-refractivity contribution in [3.05, 3.63) is 46.7 Å². The predicted molar refractivity (Wildman–Crippen MR) is 79.8 cm³/mol. The molecular weight excluding hydrogens is 278 g/mol. The molecule has 1 unspecified atom stereocenters. The van der Waals surface area contributed by atoms with Gasteiger partial charge in [-0.05, 0) is 30.9 Å². The molecule has 3 nitrogen and oxygen atoms in total. The van der Waals surface area contributed by atoms with Gasteiger partial charge in [0.2, 0.25) is 0 Å². The molecular formula is C14H14ClN3S. The fourth-order valence-electron chi connectivity index (χ4n) is 2.22. The van der Waals surface area contributed by atoms with Crippen LogP contribution < -0.4 is 0 Å². The molecule has 0 aliphatic carbocycles. The van der Waals surface area contributed by atoms with Crippen molar-refractivity contribution in [2.75, 3.05) is 0 Å². The molecule has 3 rings (SSSR count). The lowest BCUT2D eigenvalue weighted by Gasteiger charge is -2.09. The zero-order valence-corrected chi connectivity index (χ0v) is 12.2. The van der Waals surface area contributed by atoms with Gasteiger partial charge in [-0.3, -0.25) is 4.98 Å². The summed E-state index contributed by atoms with van der Waals surface area (Å²) in [5.41, 5.74) is 2.02. The zero-order chi connectivity index (χ0) is 13.2. The highest BCUT2D eigenvalue weighted by Gasteiger charge is 2.14. The van der Waals surface area contributed by atoms with E-state index in [2.05, 4.69) is 32.0 Å². The van der Waals surface area contributed by atoms with E-state index in [0.29, 0.717) is 0 Å². The third-order valence-corrected chi connectivity index (χ3v) is 4.23. The Kier molecular flexibility index (Phi) is 3.53. The molecule has 0 saturated carbocycles. The summed E-state index contributed by atoms with van der Waals surface area (Å²) >= 11 is 8.02. The molecule has 0 spiro atoms. The maximum atomic E-state index is 6.24. The van der Waals surface area contributed by atoms with Crippen LogP contribution in [0.5, 0.6) is 0 Å². The van der Waals surface area contributed by atoms with E-state index in [-0.39, 0.29) is 5.38 Å². The van der Waals surface area contributed by atoms with Crippen LogP contribution >= 0.6 is 22.9 Å². The molecule has 3 aromatic rings. The monoisotopic (exact) mass is 291 g/mol. The van der Waals surface area contributed by atoms with Crippen LogP contribution in [0, 0.1) is 0 Å². The lowest BCUT2D eigenvalue weighted by atomic mass is 10.3. The van der Waals surface area contributed by atoms with E-state index in [0.717, 1.165) is 29.8 Å². The summed E-state index contributed by atoms with van der Waals surface area (Å²) in [6, 6.07) is 6.25. The largest absolute Gasteiger partial charge is 0.326 e. The van der Waals surface area contributed by atoms with Gasteiger partial charge in [-0.1, -0.05) is 6.07 Å². The van der Waals surface area contributed by atoms with Gasteiger partial charge in [0.25, 0.3) is 0 Å². The number of fused-ring (bicyclic) bond motifs is 1. The quantitative estimate of drug-likeness (QED) is 0.679. The molecule has 0 radical (unpaired) electrons. The Balaban J connectivity index is 1.97. The first-order chi connectivity index (χ1) is 9.25. The van der Waals surface area contributed by atoms with E-state index in [1.807, 2.05) is 13.0 Å². The van der Waals surface area contributed by atoms with Gasteiger partial charge in [0.1, 0.15) is 11.3 Å². The van der Waals surface area contributed by atoms with E-state index in [1.54, 1.807) is 23.7 Å². The fraction of sp³-hybridized carbons (Fsp3) is 0.286. The molecule has 19 heavy (non-hydrogen) atoms. The average molecular weight is 292 g/mol. The maximum Gasteiger partial charge on any atom is 0.127 e. The number of aromatic nitrogens is 3.